The van der Waals surface area contributed by atoms with E-state index in [0.717, 1.165) is 0 Å². The van der Waals surface area contributed by atoms with E-state index < -0.39 is 15.8 Å². The van der Waals surface area contributed by atoms with E-state index in [0.29, 0.717) is 0 Å². The molecule has 2 N–H and O–H groups in total. The monoisotopic (exact) mass is 149 g/mol. The lowest BCUT2D eigenvalue weighted by atomic mass is 10.5. The predicted molar refractivity (Wildman–Crippen MR) is 21.1 cm³/mol. The molecule has 0 bridgehead atoms. The SMILES string of the molecule is FB(F)F.O=[P+](O)O. The summed E-state index contributed by atoms with van der Waals surface area (Å²) in [5.74, 6) is 0. The fraction of sp³-hybridized carbons (Fsp3) is 0. The minimum absolute atomic E-state index is 2.87. The second kappa shape index (κ2) is 6.87. The maximum Gasteiger partial charge on any atom is 0.762 e. The Balaban J connectivity index is 0. The van der Waals surface area contributed by atoms with Crippen molar-refractivity contribution in [1.82, 2.24) is 0 Å². The van der Waals surface area contributed by atoms with Crippen LogP contribution in [0.1, 0.15) is 0 Å². The molecule has 0 rings (SSSR count). The summed E-state index contributed by atoms with van der Waals surface area (Å²) >= 11 is 0. The molecule has 48 valence electrons. The first-order valence-electron chi connectivity index (χ1n) is 1.24. The molecule has 8 heavy (non-hydrogen) atoms. The highest BCUT2D eigenvalue weighted by molar-refractivity contribution is 7.30. The van der Waals surface area contributed by atoms with Gasteiger partial charge in [0.1, 0.15) is 0 Å². The van der Waals surface area contributed by atoms with Crippen molar-refractivity contribution in [2.75, 3.05) is 0 Å². The first-order valence-corrected chi connectivity index (χ1v) is 2.40. The van der Waals surface area contributed by atoms with Gasteiger partial charge in [0.25, 0.3) is 0 Å². The standard InChI is InChI=1S/BF3.HO3P/c2-1(3)4;1-4(2)3/h;(H-,1,2,3)/p+1. The lowest BCUT2D eigenvalue weighted by Gasteiger charge is -1.55. The maximum atomic E-state index is 9.67. The van der Waals surface area contributed by atoms with E-state index >= 15 is 0 Å². The van der Waals surface area contributed by atoms with E-state index in [1.165, 1.54) is 0 Å². The van der Waals surface area contributed by atoms with Gasteiger partial charge in [-0.15, -0.1) is 9.79 Å². The third-order valence-electron chi connectivity index (χ3n) is 0. The average Bonchev–Trinajstić information content (AvgIpc) is 1.25. The van der Waals surface area contributed by atoms with E-state index in [4.69, 9.17) is 14.4 Å². The Morgan fingerprint density at radius 3 is 1.25 bits per heavy atom. The summed E-state index contributed by atoms with van der Waals surface area (Å²) in [4.78, 5) is 14.2. The zero-order chi connectivity index (χ0) is 7.15. The van der Waals surface area contributed by atoms with Crippen LogP contribution in [0.25, 0.3) is 0 Å². The minimum Gasteiger partial charge on any atom is -0.254 e. The Morgan fingerprint density at radius 1 is 1.25 bits per heavy atom. The summed E-state index contributed by atoms with van der Waals surface area (Å²) in [6.45, 7) is 0. The topological polar surface area (TPSA) is 57.5 Å². The zero-order valence-electron chi connectivity index (χ0n) is 3.46. The number of hydrogen-bond acceptors (Lipinski definition) is 1. The van der Waals surface area contributed by atoms with E-state index in [-0.39, 0.29) is 0 Å². The molecule has 3 nitrogen and oxygen atoms in total. The van der Waals surface area contributed by atoms with Crippen LogP contribution in [0.5, 0.6) is 0 Å². The van der Waals surface area contributed by atoms with Gasteiger partial charge in [-0.05, 0) is 0 Å². The molecule has 0 spiro atoms. The van der Waals surface area contributed by atoms with Gasteiger partial charge in [-0.1, -0.05) is 0 Å². The van der Waals surface area contributed by atoms with E-state index in [2.05, 4.69) is 0 Å². The average molecular weight is 149 g/mol. The summed E-state index contributed by atoms with van der Waals surface area (Å²) in [5, 5.41) is 0. The fourth-order valence-electron chi connectivity index (χ4n) is 0. The van der Waals surface area contributed by atoms with Crippen LogP contribution in [-0.2, 0) is 4.57 Å². The molecule has 0 heterocycles. The summed E-state index contributed by atoms with van der Waals surface area (Å²) in [5.41, 5.74) is 0. The van der Waals surface area contributed by atoms with Crippen molar-refractivity contribution in [3.63, 3.8) is 0 Å². The molecule has 8 heteroatoms. The third-order valence-corrected chi connectivity index (χ3v) is 0. The van der Waals surface area contributed by atoms with Gasteiger partial charge in [0.05, 0.1) is 0 Å². The van der Waals surface area contributed by atoms with Gasteiger partial charge in [0, 0.05) is 4.57 Å². The van der Waals surface area contributed by atoms with Gasteiger partial charge < -0.3 is 0 Å². The van der Waals surface area contributed by atoms with Crippen LogP contribution in [0.15, 0.2) is 0 Å². The Labute approximate surface area is 44.3 Å². The molecule has 0 saturated heterocycles. The van der Waals surface area contributed by atoms with Gasteiger partial charge in [0.15, 0.2) is 0 Å². The van der Waals surface area contributed by atoms with Crippen LogP contribution in [-0.4, -0.2) is 17.3 Å². The minimum atomic E-state index is -3.67. The lowest BCUT2D eigenvalue weighted by Crippen LogP contribution is -1.76. The van der Waals surface area contributed by atoms with E-state index in [1.807, 2.05) is 0 Å². The second-order valence-electron chi connectivity index (χ2n) is 0.500. The van der Waals surface area contributed by atoms with Crippen molar-refractivity contribution in [2.45, 2.75) is 0 Å². The first kappa shape index (κ1) is 10.8. The van der Waals surface area contributed by atoms with Crippen LogP contribution in [0.3, 0.4) is 0 Å². The maximum absolute atomic E-state index is 9.67. The van der Waals surface area contributed by atoms with Crippen molar-refractivity contribution in [3.8, 4) is 0 Å². The predicted octanol–water partition coefficient (Wildman–Crippen LogP) is 0.508. The molecule has 0 aromatic rings. The molecule has 0 unspecified atom stereocenters. The van der Waals surface area contributed by atoms with Crippen molar-refractivity contribution >= 4 is 15.8 Å². The van der Waals surface area contributed by atoms with Crippen LogP contribution in [0.4, 0.5) is 12.9 Å². The van der Waals surface area contributed by atoms with Crippen LogP contribution in [0.2, 0.25) is 0 Å². The Kier molecular flexibility index (Phi) is 9.27. The smallest absolute Gasteiger partial charge is 0.254 e. The summed E-state index contributed by atoms with van der Waals surface area (Å²) in [7, 11) is -6.54. The first-order chi connectivity index (χ1) is 3.46. The molecular formula is H2BF3O3P+. The number of hydrogen-bond donors (Lipinski definition) is 2. The molecular weight excluding hydrogens is 147 g/mol. The van der Waals surface area contributed by atoms with Crippen LogP contribution < -0.4 is 0 Å². The quantitative estimate of drug-likeness (QED) is 0.389. The number of rotatable bonds is 0. The van der Waals surface area contributed by atoms with E-state index in [9.17, 15) is 12.9 Å². The zero-order valence-corrected chi connectivity index (χ0v) is 4.36. The fourth-order valence-corrected chi connectivity index (χ4v) is 0. The van der Waals surface area contributed by atoms with Crippen molar-refractivity contribution < 1.29 is 27.3 Å². The molecule has 0 amide bonds. The summed E-state index contributed by atoms with van der Waals surface area (Å²) in [6.07, 6.45) is 0. The molecule has 0 aromatic carbocycles. The van der Waals surface area contributed by atoms with Gasteiger partial charge >= 0.3 is 15.8 Å². The highest BCUT2D eigenvalue weighted by Crippen LogP contribution is 1.98. The molecule has 0 radical (unpaired) electrons. The molecule has 0 aromatic heterocycles. The highest BCUT2D eigenvalue weighted by atomic mass is 31.1. The Bertz CT molecular complexity index is 58.8. The molecule has 0 aliphatic rings. The lowest BCUT2D eigenvalue weighted by molar-refractivity contribution is 0.405. The van der Waals surface area contributed by atoms with Gasteiger partial charge in [-0.3, -0.25) is 12.9 Å². The van der Waals surface area contributed by atoms with Crippen molar-refractivity contribution in [3.05, 3.63) is 0 Å². The van der Waals surface area contributed by atoms with Gasteiger partial charge in [-0.25, -0.2) is 0 Å². The third kappa shape index (κ3) is 8930. The molecule has 0 aliphatic carbocycles. The van der Waals surface area contributed by atoms with E-state index in [1.54, 1.807) is 0 Å². The van der Waals surface area contributed by atoms with Crippen molar-refractivity contribution in [1.29, 1.82) is 0 Å². The summed E-state index contributed by atoms with van der Waals surface area (Å²) in [6, 6.07) is 0. The van der Waals surface area contributed by atoms with Gasteiger partial charge in [-0.2, -0.15) is 0 Å². The largest absolute Gasteiger partial charge is 0.762 e. The molecule has 0 aliphatic heterocycles. The van der Waals surface area contributed by atoms with Crippen LogP contribution in [0, 0.1) is 0 Å². The Morgan fingerprint density at radius 2 is 1.25 bits per heavy atom. The normalized spacial score (nSPS) is 6.62. The second-order valence-corrected chi connectivity index (χ2v) is 1.01. The van der Waals surface area contributed by atoms with Crippen LogP contribution >= 0.6 is 8.25 Å². The molecule has 0 fully saturated rings. The number of halogens is 3. The highest BCUT2D eigenvalue weighted by Gasteiger charge is 2.06. The van der Waals surface area contributed by atoms with Gasteiger partial charge in [0.2, 0.25) is 0 Å². The summed E-state index contributed by atoms with van der Waals surface area (Å²) < 4.78 is 37.7. The Hall–Kier alpha value is -0.125. The van der Waals surface area contributed by atoms with Crippen molar-refractivity contribution in [2.24, 2.45) is 0 Å². The molecule has 0 atom stereocenters. The molecule has 0 saturated carbocycles.